The normalized spacial score (nSPS) is 13.9. The lowest BCUT2D eigenvalue weighted by atomic mass is 10.2. The largest absolute Gasteiger partial charge is 0.342 e. The fourth-order valence-electron chi connectivity index (χ4n) is 3.21. The fraction of sp³-hybridized carbons (Fsp3) is 0.250. The maximum absolute atomic E-state index is 12.5. The van der Waals surface area contributed by atoms with Gasteiger partial charge in [0.2, 0.25) is 5.91 Å². The third-order valence-electron chi connectivity index (χ3n) is 4.62. The van der Waals surface area contributed by atoms with E-state index in [9.17, 15) is 4.79 Å². The summed E-state index contributed by atoms with van der Waals surface area (Å²) in [5.74, 6) is 1.02. The zero-order valence-corrected chi connectivity index (χ0v) is 17.3. The minimum Gasteiger partial charge on any atom is -0.342 e. The SMILES string of the molecule is O=C(CSc1nnc(-c2ccccc2Cl)n1-c1ccccc1Cl)N1CCCC1. The predicted molar refractivity (Wildman–Crippen MR) is 113 cm³/mol. The zero-order valence-electron chi connectivity index (χ0n) is 15.0. The Hall–Kier alpha value is -2.02. The lowest BCUT2D eigenvalue weighted by Gasteiger charge is -2.15. The Morgan fingerprint density at radius 1 is 0.964 bits per heavy atom. The van der Waals surface area contributed by atoms with Crippen LogP contribution in [0.1, 0.15) is 12.8 Å². The van der Waals surface area contributed by atoms with Gasteiger partial charge in [0, 0.05) is 18.7 Å². The Morgan fingerprint density at radius 3 is 2.36 bits per heavy atom. The van der Waals surface area contributed by atoms with Crippen molar-refractivity contribution in [1.82, 2.24) is 19.7 Å². The summed E-state index contributed by atoms with van der Waals surface area (Å²) in [6.45, 7) is 1.67. The van der Waals surface area contributed by atoms with Crippen molar-refractivity contribution >= 4 is 40.9 Å². The molecule has 0 aliphatic carbocycles. The first-order chi connectivity index (χ1) is 13.6. The molecular weight excluding hydrogens is 415 g/mol. The van der Waals surface area contributed by atoms with Gasteiger partial charge in [0.1, 0.15) is 0 Å². The topological polar surface area (TPSA) is 51.0 Å². The van der Waals surface area contributed by atoms with Gasteiger partial charge < -0.3 is 4.90 Å². The quantitative estimate of drug-likeness (QED) is 0.534. The molecule has 5 nitrogen and oxygen atoms in total. The van der Waals surface area contributed by atoms with Gasteiger partial charge in [0.15, 0.2) is 11.0 Å². The van der Waals surface area contributed by atoms with Gasteiger partial charge in [0.25, 0.3) is 0 Å². The second kappa shape index (κ2) is 8.55. The van der Waals surface area contributed by atoms with E-state index in [1.54, 1.807) is 0 Å². The molecule has 28 heavy (non-hydrogen) atoms. The van der Waals surface area contributed by atoms with Crippen LogP contribution in [0.2, 0.25) is 10.0 Å². The van der Waals surface area contributed by atoms with Gasteiger partial charge >= 0.3 is 0 Å². The van der Waals surface area contributed by atoms with Crippen LogP contribution >= 0.6 is 35.0 Å². The van der Waals surface area contributed by atoms with E-state index >= 15 is 0 Å². The third kappa shape index (κ3) is 3.90. The van der Waals surface area contributed by atoms with Crippen LogP contribution < -0.4 is 0 Å². The summed E-state index contributed by atoms with van der Waals surface area (Å²) in [6.07, 6.45) is 2.14. The highest BCUT2D eigenvalue weighted by atomic mass is 35.5. The number of amides is 1. The van der Waals surface area contributed by atoms with E-state index in [2.05, 4.69) is 10.2 Å². The van der Waals surface area contributed by atoms with E-state index in [1.165, 1.54) is 11.8 Å². The molecule has 1 fully saturated rings. The molecule has 144 valence electrons. The molecule has 2 aromatic carbocycles. The first-order valence-electron chi connectivity index (χ1n) is 9.01. The number of carbonyl (C=O) groups excluding carboxylic acids is 1. The van der Waals surface area contributed by atoms with Gasteiger partial charge in [-0.1, -0.05) is 59.2 Å². The summed E-state index contributed by atoms with van der Waals surface area (Å²) in [5.41, 5.74) is 1.51. The van der Waals surface area contributed by atoms with E-state index in [0.29, 0.717) is 26.8 Å². The molecule has 1 saturated heterocycles. The molecule has 0 spiro atoms. The second-order valence-corrected chi connectivity index (χ2v) is 8.21. The van der Waals surface area contributed by atoms with Crippen molar-refractivity contribution in [3.63, 3.8) is 0 Å². The molecule has 3 aromatic rings. The number of thioether (sulfide) groups is 1. The summed E-state index contributed by atoms with van der Waals surface area (Å²) in [4.78, 5) is 14.4. The molecule has 0 atom stereocenters. The number of rotatable bonds is 5. The lowest BCUT2D eigenvalue weighted by molar-refractivity contribution is -0.127. The van der Waals surface area contributed by atoms with Crippen LogP contribution in [-0.2, 0) is 4.79 Å². The number of likely N-dealkylation sites (tertiary alicyclic amines) is 1. The van der Waals surface area contributed by atoms with Crippen molar-refractivity contribution in [2.45, 2.75) is 18.0 Å². The average molecular weight is 433 g/mol. The highest BCUT2D eigenvalue weighted by Crippen LogP contribution is 2.34. The van der Waals surface area contributed by atoms with Crippen molar-refractivity contribution in [2.75, 3.05) is 18.8 Å². The van der Waals surface area contributed by atoms with E-state index in [0.717, 1.165) is 37.2 Å². The Kier molecular flexibility index (Phi) is 5.90. The first-order valence-corrected chi connectivity index (χ1v) is 10.7. The molecule has 0 radical (unpaired) electrons. The van der Waals surface area contributed by atoms with Gasteiger partial charge in [-0.05, 0) is 37.1 Å². The van der Waals surface area contributed by atoms with Gasteiger partial charge in [-0.15, -0.1) is 10.2 Å². The summed E-state index contributed by atoms with van der Waals surface area (Å²) in [5, 5.41) is 10.5. The first kappa shape index (κ1) is 19.3. The van der Waals surface area contributed by atoms with Crippen LogP contribution in [0.25, 0.3) is 17.1 Å². The third-order valence-corrected chi connectivity index (χ3v) is 6.19. The number of hydrogen-bond donors (Lipinski definition) is 0. The Morgan fingerprint density at radius 2 is 1.64 bits per heavy atom. The van der Waals surface area contributed by atoms with E-state index in [4.69, 9.17) is 23.2 Å². The average Bonchev–Trinajstić information content (AvgIpc) is 3.37. The molecule has 1 aliphatic rings. The van der Waals surface area contributed by atoms with Crippen LogP contribution in [0.15, 0.2) is 53.7 Å². The second-order valence-electron chi connectivity index (χ2n) is 6.45. The van der Waals surface area contributed by atoms with Gasteiger partial charge in [0.05, 0.1) is 21.5 Å². The van der Waals surface area contributed by atoms with Crippen LogP contribution in [-0.4, -0.2) is 44.4 Å². The van der Waals surface area contributed by atoms with Crippen molar-refractivity contribution in [2.24, 2.45) is 0 Å². The van der Waals surface area contributed by atoms with Gasteiger partial charge in [-0.2, -0.15) is 0 Å². The lowest BCUT2D eigenvalue weighted by Crippen LogP contribution is -2.29. The molecule has 1 aromatic heterocycles. The molecule has 0 bridgehead atoms. The van der Waals surface area contributed by atoms with Crippen LogP contribution in [0, 0.1) is 0 Å². The minimum absolute atomic E-state index is 0.121. The molecule has 0 saturated carbocycles. The van der Waals surface area contributed by atoms with Gasteiger partial charge in [-0.3, -0.25) is 9.36 Å². The molecule has 1 aliphatic heterocycles. The van der Waals surface area contributed by atoms with Crippen molar-refractivity contribution in [3.05, 3.63) is 58.6 Å². The molecular formula is C20H18Cl2N4OS. The molecule has 0 unspecified atom stereocenters. The molecule has 4 rings (SSSR count). The number of hydrogen-bond acceptors (Lipinski definition) is 4. The predicted octanol–water partition coefficient (Wildman–Crippen LogP) is 4.96. The number of nitrogens with zero attached hydrogens (tertiary/aromatic N) is 4. The summed E-state index contributed by atoms with van der Waals surface area (Å²) < 4.78 is 1.87. The highest BCUT2D eigenvalue weighted by Gasteiger charge is 2.22. The molecule has 2 heterocycles. The Labute approximate surface area is 177 Å². The molecule has 8 heteroatoms. The summed E-state index contributed by atoms with van der Waals surface area (Å²) in [6, 6.07) is 15.0. The van der Waals surface area contributed by atoms with Crippen LogP contribution in [0.4, 0.5) is 0 Å². The maximum atomic E-state index is 12.5. The number of aromatic nitrogens is 3. The van der Waals surface area contributed by atoms with Crippen molar-refractivity contribution in [3.8, 4) is 17.1 Å². The Bertz CT molecular complexity index is 1000. The number of benzene rings is 2. The minimum atomic E-state index is 0.121. The number of carbonyl (C=O) groups is 1. The maximum Gasteiger partial charge on any atom is 0.233 e. The highest BCUT2D eigenvalue weighted by molar-refractivity contribution is 7.99. The van der Waals surface area contributed by atoms with E-state index in [1.807, 2.05) is 58.0 Å². The zero-order chi connectivity index (χ0) is 19.5. The van der Waals surface area contributed by atoms with Gasteiger partial charge in [-0.25, -0.2) is 0 Å². The summed E-state index contributed by atoms with van der Waals surface area (Å²) >= 11 is 14.2. The van der Waals surface area contributed by atoms with Crippen LogP contribution in [0.3, 0.4) is 0 Å². The molecule has 0 N–H and O–H groups in total. The number of para-hydroxylation sites is 1. The van der Waals surface area contributed by atoms with Crippen molar-refractivity contribution < 1.29 is 4.79 Å². The smallest absolute Gasteiger partial charge is 0.233 e. The van der Waals surface area contributed by atoms with Crippen LogP contribution in [0.5, 0.6) is 0 Å². The number of halogens is 2. The monoisotopic (exact) mass is 432 g/mol. The molecule has 1 amide bonds. The Balaban J connectivity index is 1.71. The fourth-order valence-corrected chi connectivity index (χ4v) is 4.50. The summed E-state index contributed by atoms with van der Waals surface area (Å²) in [7, 11) is 0. The van der Waals surface area contributed by atoms with Crippen molar-refractivity contribution in [1.29, 1.82) is 0 Å². The van der Waals surface area contributed by atoms with E-state index < -0.39 is 0 Å². The van der Waals surface area contributed by atoms with E-state index in [-0.39, 0.29) is 5.91 Å². The standard InChI is InChI=1S/C20H18Cl2N4OS/c21-15-8-2-1-7-14(15)19-23-24-20(26(19)17-10-4-3-9-16(17)22)28-13-18(27)25-11-5-6-12-25/h1-4,7-10H,5-6,11-13H2.